The van der Waals surface area contributed by atoms with E-state index in [1.165, 1.54) is 10.5 Å². The maximum absolute atomic E-state index is 13.6. The predicted molar refractivity (Wildman–Crippen MR) is 110 cm³/mol. The molecular weight excluding hydrogens is 377 g/mol. The molecule has 0 fully saturated rings. The average Bonchev–Trinajstić information content (AvgIpc) is 2.73. The van der Waals surface area contributed by atoms with Crippen molar-refractivity contribution in [2.75, 3.05) is 23.9 Å². The van der Waals surface area contributed by atoms with Crippen LogP contribution >= 0.6 is 0 Å². The first-order valence-electron chi connectivity index (χ1n) is 9.37. The minimum absolute atomic E-state index is 0.192. The lowest BCUT2D eigenvalue weighted by Crippen LogP contribution is -2.21. The van der Waals surface area contributed by atoms with Gasteiger partial charge in [-0.2, -0.15) is 18.2 Å². The lowest BCUT2D eigenvalue weighted by molar-refractivity contribution is -0.137. The number of hydrogen-bond acceptors (Lipinski definition) is 4. The summed E-state index contributed by atoms with van der Waals surface area (Å²) in [5.41, 5.74) is 1.74. The van der Waals surface area contributed by atoms with Crippen LogP contribution in [0.1, 0.15) is 24.5 Å². The Balaban J connectivity index is 2.00. The Hall–Kier alpha value is -3.09. The summed E-state index contributed by atoms with van der Waals surface area (Å²) < 4.78 is 40.7. The van der Waals surface area contributed by atoms with E-state index in [-0.39, 0.29) is 11.8 Å². The number of aryl methyl sites for hydroxylation is 1. The highest BCUT2D eigenvalue weighted by atomic mass is 19.4. The molecule has 29 heavy (non-hydrogen) atoms. The third-order valence-electron chi connectivity index (χ3n) is 4.68. The molecule has 3 aromatic rings. The van der Waals surface area contributed by atoms with E-state index < -0.39 is 11.7 Å². The predicted octanol–water partition coefficient (Wildman–Crippen LogP) is 5.98. The van der Waals surface area contributed by atoms with Crippen LogP contribution in [-0.2, 0) is 12.6 Å². The van der Waals surface area contributed by atoms with Crippen molar-refractivity contribution in [2.45, 2.75) is 25.9 Å². The van der Waals surface area contributed by atoms with Gasteiger partial charge in [0.25, 0.3) is 0 Å². The second-order valence-corrected chi connectivity index (χ2v) is 6.78. The Morgan fingerprint density at radius 1 is 0.862 bits per heavy atom. The van der Waals surface area contributed by atoms with Crippen LogP contribution in [0.15, 0.2) is 60.8 Å². The van der Waals surface area contributed by atoms with Crippen molar-refractivity contribution in [1.82, 2.24) is 9.97 Å². The summed E-state index contributed by atoms with van der Waals surface area (Å²) in [4.78, 5) is 11.4. The lowest BCUT2D eigenvalue weighted by Gasteiger charge is -2.25. The number of anilines is 4. The van der Waals surface area contributed by atoms with E-state index in [9.17, 15) is 13.2 Å². The molecule has 0 aliphatic carbocycles. The molecule has 0 saturated carbocycles. The Bertz CT molecular complexity index is 941. The second-order valence-electron chi connectivity index (χ2n) is 6.78. The van der Waals surface area contributed by atoms with Gasteiger partial charge in [0.15, 0.2) is 5.82 Å². The number of benzene rings is 2. The van der Waals surface area contributed by atoms with Gasteiger partial charge in [-0.05, 0) is 36.2 Å². The monoisotopic (exact) mass is 400 g/mol. The van der Waals surface area contributed by atoms with Gasteiger partial charge in [-0.1, -0.05) is 43.7 Å². The number of halogens is 3. The Kier molecular flexibility index (Phi) is 6.06. The fourth-order valence-electron chi connectivity index (χ4n) is 3.05. The number of rotatable bonds is 6. The summed E-state index contributed by atoms with van der Waals surface area (Å²) in [7, 11) is 3.31. The molecule has 0 unspecified atom stereocenters. The van der Waals surface area contributed by atoms with Crippen molar-refractivity contribution < 1.29 is 13.2 Å². The van der Waals surface area contributed by atoms with Gasteiger partial charge in [0.1, 0.15) is 5.56 Å². The number of aromatic nitrogens is 2. The molecule has 152 valence electrons. The van der Waals surface area contributed by atoms with Crippen molar-refractivity contribution in [3.63, 3.8) is 0 Å². The standard InChI is InChI=1S/C22H23F3N4/c1-4-8-16-11-13-18(14-12-16)29(3)21-26-15-19(22(23,24)25)20(27-21)28(2)17-9-6-5-7-10-17/h5-7,9-15H,4,8H2,1-3H3. The maximum atomic E-state index is 13.6. The molecule has 1 aromatic heterocycles. The fourth-order valence-corrected chi connectivity index (χ4v) is 3.05. The van der Waals surface area contributed by atoms with Crippen LogP contribution in [0.25, 0.3) is 0 Å². The number of nitrogens with zero attached hydrogens (tertiary/aromatic N) is 4. The van der Waals surface area contributed by atoms with E-state index in [0.717, 1.165) is 24.7 Å². The summed E-state index contributed by atoms with van der Waals surface area (Å²) in [6, 6.07) is 16.7. The first-order valence-corrected chi connectivity index (χ1v) is 9.37. The van der Waals surface area contributed by atoms with E-state index in [1.807, 2.05) is 30.3 Å². The molecule has 0 amide bonds. The smallest absolute Gasteiger partial charge is 0.329 e. The van der Waals surface area contributed by atoms with Crippen LogP contribution in [0.2, 0.25) is 0 Å². The van der Waals surface area contributed by atoms with Crippen LogP contribution in [-0.4, -0.2) is 24.1 Å². The minimum atomic E-state index is -4.56. The molecule has 3 rings (SSSR count). The molecule has 0 aliphatic heterocycles. The maximum Gasteiger partial charge on any atom is 0.421 e. The Morgan fingerprint density at radius 2 is 1.48 bits per heavy atom. The van der Waals surface area contributed by atoms with Crippen molar-refractivity contribution >= 4 is 23.1 Å². The lowest BCUT2D eigenvalue weighted by atomic mass is 10.1. The van der Waals surface area contributed by atoms with Crippen LogP contribution in [0.5, 0.6) is 0 Å². The third kappa shape index (κ3) is 4.67. The van der Waals surface area contributed by atoms with E-state index in [1.54, 1.807) is 43.3 Å². The molecule has 0 radical (unpaired) electrons. The largest absolute Gasteiger partial charge is 0.421 e. The molecule has 0 bridgehead atoms. The summed E-state index contributed by atoms with van der Waals surface area (Å²) in [6.45, 7) is 2.11. The summed E-state index contributed by atoms with van der Waals surface area (Å²) in [6.07, 6.45) is -1.69. The van der Waals surface area contributed by atoms with Crippen molar-refractivity contribution in [2.24, 2.45) is 0 Å². The zero-order valence-electron chi connectivity index (χ0n) is 16.6. The molecule has 4 nitrogen and oxygen atoms in total. The topological polar surface area (TPSA) is 32.3 Å². The van der Waals surface area contributed by atoms with Crippen molar-refractivity contribution in [3.8, 4) is 0 Å². The first-order chi connectivity index (χ1) is 13.8. The van der Waals surface area contributed by atoms with Gasteiger partial charge in [-0.25, -0.2) is 4.98 Å². The van der Waals surface area contributed by atoms with Crippen molar-refractivity contribution in [1.29, 1.82) is 0 Å². The number of para-hydroxylation sites is 1. The number of alkyl halides is 3. The molecular formula is C22H23F3N4. The molecule has 0 saturated heterocycles. The van der Waals surface area contributed by atoms with E-state index >= 15 is 0 Å². The van der Waals surface area contributed by atoms with E-state index in [2.05, 4.69) is 16.9 Å². The van der Waals surface area contributed by atoms with Crippen LogP contribution in [0.4, 0.5) is 36.3 Å². The van der Waals surface area contributed by atoms with Crippen LogP contribution in [0.3, 0.4) is 0 Å². The van der Waals surface area contributed by atoms with Gasteiger partial charge < -0.3 is 9.80 Å². The molecule has 0 spiro atoms. The number of hydrogen-bond donors (Lipinski definition) is 0. The quantitative estimate of drug-likeness (QED) is 0.509. The van der Waals surface area contributed by atoms with Crippen molar-refractivity contribution in [3.05, 3.63) is 71.9 Å². The van der Waals surface area contributed by atoms with Gasteiger partial charge >= 0.3 is 6.18 Å². The van der Waals surface area contributed by atoms with Crippen LogP contribution in [0, 0.1) is 0 Å². The van der Waals surface area contributed by atoms with Gasteiger partial charge in [-0.3, -0.25) is 0 Å². The Labute approximate surface area is 168 Å². The molecule has 0 atom stereocenters. The molecule has 7 heteroatoms. The van der Waals surface area contributed by atoms with Gasteiger partial charge in [-0.15, -0.1) is 0 Å². The summed E-state index contributed by atoms with van der Waals surface area (Å²) in [5, 5.41) is 0. The van der Waals surface area contributed by atoms with E-state index in [4.69, 9.17) is 0 Å². The van der Waals surface area contributed by atoms with Gasteiger partial charge in [0.2, 0.25) is 5.95 Å². The highest BCUT2D eigenvalue weighted by Crippen LogP contribution is 2.38. The normalized spacial score (nSPS) is 11.4. The van der Waals surface area contributed by atoms with Crippen LogP contribution < -0.4 is 9.80 Å². The zero-order chi connectivity index (χ0) is 21.0. The third-order valence-corrected chi connectivity index (χ3v) is 4.68. The Morgan fingerprint density at radius 3 is 2.07 bits per heavy atom. The zero-order valence-corrected chi connectivity index (χ0v) is 16.6. The van der Waals surface area contributed by atoms with Gasteiger partial charge in [0.05, 0.1) is 0 Å². The first kappa shape index (κ1) is 20.6. The SMILES string of the molecule is CCCc1ccc(N(C)c2ncc(C(F)(F)F)c(N(C)c3ccccc3)n2)cc1. The average molecular weight is 400 g/mol. The van der Waals surface area contributed by atoms with Gasteiger partial charge in [0, 0.05) is 31.7 Å². The summed E-state index contributed by atoms with van der Waals surface area (Å²) in [5.74, 6) is 0.00201. The summed E-state index contributed by atoms with van der Waals surface area (Å²) >= 11 is 0. The fraction of sp³-hybridized carbons (Fsp3) is 0.273. The highest BCUT2D eigenvalue weighted by molar-refractivity contribution is 5.65. The molecule has 2 aromatic carbocycles. The molecule has 0 N–H and O–H groups in total. The molecule has 0 aliphatic rings. The second kappa shape index (κ2) is 8.51. The molecule has 1 heterocycles. The highest BCUT2D eigenvalue weighted by Gasteiger charge is 2.36. The minimum Gasteiger partial charge on any atom is -0.329 e. The van der Waals surface area contributed by atoms with E-state index in [0.29, 0.717) is 5.69 Å².